The van der Waals surface area contributed by atoms with E-state index in [1.807, 2.05) is 71.6 Å². The maximum atomic E-state index is 6.18. The number of hydrogen-bond acceptors (Lipinski definition) is 3. The molecular weight excluding hydrogens is 368 g/mol. The molecule has 140 valence electrons. The molecule has 4 rings (SSSR count). The van der Waals surface area contributed by atoms with Crippen LogP contribution in [-0.4, -0.2) is 14.5 Å². The van der Waals surface area contributed by atoms with Crippen LogP contribution in [0.5, 0.6) is 0 Å². The number of benzene rings is 2. The van der Waals surface area contributed by atoms with Crippen LogP contribution in [-0.2, 0) is 0 Å². The minimum Gasteiger partial charge on any atom is -0.340 e. The Labute approximate surface area is 169 Å². The van der Waals surface area contributed by atoms with Gasteiger partial charge in [-0.2, -0.15) is 0 Å². The van der Waals surface area contributed by atoms with Crippen LogP contribution in [0.15, 0.2) is 85.5 Å². The van der Waals surface area contributed by atoms with Gasteiger partial charge in [-0.3, -0.25) is 0 Å². The van der Waals surface area contributed by atoms with Gasteiger partial charge in [-0.05, 0) is 42.3 Å². The first-order valence-electron chi connectivity index (χ1n) is 9.31. The monoisotopic (exact) mass is 388 g/mol. The molecule has 2 heterocycles. The van der Waals surface area contributed by atoms with Gasteiger partial charge in [-0.25, -0.2) is 9.97 Å². The van der Waals surface area contributed by atoms with Crippen molar-refractivity contribution in [2.75, 3.05) is 5.32 Å². The molecule has 0 saturated carbocycles. The van der Waals surface area contributed by atoms with E-state index in [1.54, 1.807) is 6.20 Å². The highest BCUT2D eigenvalue weighted by molar-refractivity contribution is 6.30. The summed E-state index contributed by atoms with van der Waals surface area (Å²) < 4.78 is 2.03. The Bertz CT molecular complexity index is 1060. The summed E-state index contributed by atoms with van der Waals surface area (Å²) in [5, 5.41) is 4.08. The fourth-order valence-electron chi connectivity index (χ4n) is 3.32. The second-order valence-electron chi connectivity index (χ2n) is 6.61. The van der Waals surface area contributed by atoms with Crippen LogP contribution in [0.25, 0.3) is 5.69 Å². The van der Waals surface area contributed by atoms with Crippen molar-refractivity contribution >= 4 is 23.1 Å². The summed E-state index contributed by atoms with van der Waals surface area (Å²) in [5.74, 6) is 1.00. The number of nitrogens with one attached hydrogen (secondary N) is 1. The van der Waals surface area contributed by atoms with Gasteiger partial charge in [-0.1, -0.05) is 48.9 Å². The molecule has 28 heavy (non-hydrogen) atoms. The number of aromatic nitrogens is 3. The van der Waals surface area contributed by atoms with Crippen molar-refractivity contribution in [3.63, 3.8) is 0 Å². The van der Waals surface area contributed by atoms with E-state index in [1.165, 1.54) is 5.56 Å². The molecule has 0 amide bonds. The zero-order valence-corrected chi connectivity index (χ0v) is 16.3. The third-order valence-electron chi connectivity index (χ3n) is 4.71. The zero-order chi connectivity index (χ0) is 19.3. The predicted molar refractivity (Wildman–Crippen MR) is 115 cm³/mol. The lowest BCUT2D eigenvalue weighted by Crippen LogP contribution is -2.00. The highest BCUT2D eigenvalue weighted by Gasteiger charge is 2.16. The number of pyridine rings is 1. The smallest absolute Gasteiger partial charge is 0.132 e. The van der Waals surface area contributed by atoms with Crippen molar-refractivity contribution in [2.45, 2.75) is 19.3 Å². The summed E-state index contributed by atoms with van der Waals surface area (Å²) in [5.41, 5.74) is 4.22. The van der Waals surface area contributed by atoms with Gasteiger partial charge in [0.2, 0.25) is 0 Å². The van der Waals surface area contributed by atoms with Gasteiger partial charge in [0.05, 0.1) is 17.7 Å². The van der Waals surface area contributed by atoms with Crippen molar-refractivity contribution in [3.8, 4) is 5.69 Å². The number of hydrogen-bond donors (Lipinski definition) is 1. The first kappa shape index (κ1) is 18.3. The van der Waals surface area contributed by atoms with Gasteiger partial charge in [0.15, 0.2) is 0 Å². The van der Waals surface area contributed by atoms with E-state index in [9.17, 15) is 0 Å². The number of halogens is 1. The lowest BCUT2D eigenvalue weighted by Gasteiger charge is -2.13. The molecule has 1 atom stereocenters. The Morgan fingerprint density at radius 1 is 1.00 bits per heavy atom. The molecule has 0 spiro atoms. The zero-order valence-electron chi connectivity index (χ0n) is 15.6. The Morgan fingerprint density at radius 3 is 2.64 bits per heavy atom. The standard InChI is InChI=1S/C23H21ClN4/c1-2-21(17-7-6-8-18(24)13-17)22-15-28(16-26-22)20-11-12-25-23(14-20)27-19-9-4-3-5-10-19/h3-16,21H,2H2,1H3,(H,25,27)/t21-/m1/s1. The second kappa shape index (κ2) is 8.28. The van der Waals surface area contributed by atoms with Gasteiger partial charge in [0.1, 0.15) is 5.82 Å². The molecule has 0 aliphatic rings. The van der Waals surface area contributed by atoms with Gasteiger partial charge in [0, 0.05) is 35.1 Å². The molecule has 0 fully saturated rings. The molecule has 0 saturated heterocycles. The number of nitrogens with zero attached hydrogens (tertiary/aromatic N) is 3. The third kappa shape index (κ3) is 4.07. The van der Waals surface area contributed by atoms with Crippen molar-refractivity contribution in [2.24, 2.45) is 0 Å². The predicted octanol–water partition coefficient (Wildman–Crippen LogP) is 6.21. The average molecular weight is 389 g/mol. The molecule has 4 aromatic rings. The van der Waals surface area contributed by atoms with Crippen LogP contribution in [0.3, 0.4) is 0 Å². The largest absolute Gasteiger partial charge is 0.340 e. The van der Waals surface area contributed by atoms with Crippen molar-refractivity contribution < 1.29 is 0 Å². The highest BCUT2D eigenvalue weighted by atomic mass is 35.5. The third-order valence-corrected chi connectivity index (χ3v) is 4.94. The summed E-state index contributed by atoms with van der Waals surface area (Å²) in [7, 11) is 0. The Kier molecular flexibility index (Phi) is 5.40. The normalized spacial score (nSPS) is 11.9. The molecule has 0 radical (unpaired) electrons. The number of anilines is 2. The van der Waals surface area contributed by atoms with Crippen molar-refractivity contribution in [3.05, 3.63) is 102 Å². The fourth-order valence-corrected chi connectivity index (χ4v) is 3.51. The molecule has 2 aromatic carbocycles. The first-order valence-corrected chi connectivity index (χ1v) is 9.68. The lowest BCUT2D eigenvalue weighted by molar-refractivity contribution is 0.754. The minimum absolute atomic E-state index is 0.212. The first-order chi connectivity index (χ1) is 13.7. The van der Waals surface area contributed by atoms with Gasteiger partial charge >= 0.3 is 0 Å². The molecular formula is C23H21ClN4. The van der Waals surface area contributed by atoms with Crippen LogP contribution in [0.4, 0.5) is 11.5 Å². The van der Waals surface area contributed by atoms with Crippen LogP contribution in [0.1, 0.15) is 30.5 Å². The number of rotatable bonds is 6. The fraction of sp³-hybridized carbons (Fsp3) is 0.130. The summed E-state index contributed by atoms with van der Waals surface area (Å²) in [6, 6.07) is 22.0. The van der Waals surface area contributed by atoms with Crippen molar-refractivity contribution in [1.29, 1.82) is 0 Å². The van der Waals surface area contributed by atoms with Crippen LogP contribution < -0.4 is 5.32 Å². The Balaban J connectivity index is 1.59. The van der Waals surface area contributed by atoms with Gasteiger partial charge in [0.25, 0.3) is 0 Å². The van der Waals surface area contributed by atoms with Crippen LogP contribution in [0.2, 0.25) is 5.02 Å². The summed E-state index contributed by atoms with van der Waals surface area (Å²) in [6.45, 7) is 2.17. The molecule has 1 N–H and O–H groups in total. The minimum atomic E-state index is 0.212. The van der Waals surface area contributed by atoms with E-state index in [-0.39, 0.29) is 5.92 Å². The average Bonchev–Trinajstić information content (AvgIpc) is 3.20. The highest BCUT2D eigenvalue weighted by Crippen LogP contribution is 2.29. The van der Waals surface area contributed by atoms with E-state index in [4.69, 9.17) is 11.6 Å². The Morgan fingerprint density at radius 2 is 1.86 bits per heavy atom. The summed E-state index contributed by atoms with van der Waals surface area (Å²) >= 11 is 6.18. The second-order valence-corrected chi connectivity index (χ2v) is 7.05. The number of para-hydroxylation sites is 1. The molecule has 0 bridgehead atoms. The molecule has 0 unspecified atom stereocenters. The molecule has 0 aliphatic heterocycles. The molecule has 2 aromatic heterocycles. The SMILES string of the molecule is CC[C@H](c1cccc(Cl)c1)c1cn(-c2ccnc(Nc3ccccc3)c2)cn1. The van der Waals surface area contributed by atoms with Crippen LogP contribution in [0, 0.1) is 0 Å². The molecule has 4 nitrogen and oxygen atoms in total. The van der Waals surface area contributed by atoms with E-state index in [2.05, 4.69) is 34.5 Å². The van der Waals surface area contributed by atoms with E-state index in [0.717, 1.165) is 34.3 Å². The van der Waals surface area contributed by atoms with Gasteiger partial charge < -0.3 is 9.88 Å². The van der Waals surface area contributed by atoms with Crippen molar-refractivity contribution in [1.82, 2.24) is 14.5 Å². The summed E-state index contributed by atoms with van der Waals surface area (Å²) in [6.07, 6.45) is 6.68. The van der Waals surface area contributed by atoms with E-state index in [0.29, 0.717) is 0 Å². The maximum absolute atomic E-state index is 6.18. The lowest BCUT2D eigenvalue weighted by atomic mass is 9.94. The van der Waals surface area contributed by atoms with Crippen LogP contribution >= 0.6 is 11.6 Å². The maximum Gasteiger partial charge on any atom is 0.132 e. The quantitative estimate of drug-likeness (QED) is 0.427. The summed E-state index contributed by atoms with van der Waals surface area (Å²) in [4.78, 5) is 9.08. The molecule has 5 heteroatoms. The van der Waals surface area contributed by atoms with E-state index < -0.39 is 0 Å². The Hall–Kier alpha value is -3.11. The molecule has 0 aliphatic carbocycles. The van der Waals surface area contributed by atoms with Gasteiger partial charge in [-0.15, -0.1) is 0 Å². The topological polar surface area (TPSA) is 42.7 Å². The van der Waals surface area contributed by atoms with E-state index >= 15 is 0 Å². The number of imidazole rings is 1.